The second-order valence-electron chi connectivity index (χ2n) is 1.45. The molecule has 0 aromatic heterocycles. The molecule has 1 aromatic carbocycles. The van der Waals surface area contributed by atoms with Gasteiger partial charge in [0, 0.05) is 4.47 Å². The van der Waals surface area contributed by atoms with Crippen molar-refractivity contribution in [1.82, 2.24) is 0 Å². The third kappa shape index (κ3) is 1.23. The Labute approximate surface area is 56.1 Å². The van der Waals surface area contributed by atoms with E-state index in [0.717, 1.165) is 4.47 Å². The Balaban J connectivity index is 3.03. The first-order valence-electron chi connectivity index (χ1n) is 2.21. The summed E-state index contributed by atoms with van der Waals surface area (Å²) in [7, 11) is 0. The van der Waals surface area contributed by atoms with Crippen LogP contribution in [0.5, 0.6) is 5.75 Å². The van der Waals surface area contributed by atoms with Crippen molar-refractivity contribution in [1.29, 1.82) is 0 Å². The highest BCUT2D eigenvalue weighted by atomic mass is 79.9. The number of halogens is 1. The van der Waals surface area contributed by atoms with Crippen LogP contribution < -0.4 is 5.11 Å². The van der Waals surface area contributed by atoms with E-state index >= 15 is 0 Å². The Bertz CT molecular complexity index is 147. The van der Waals surface area contributed by atoms with E-state index in [9.17, 15) is 5.11 Å². The van der Waals surface area contributed by atoms with Crippen LogP contribution in [0.3, 0.4) is 0 Å². The van der Waals surface area contributed by atoms with Gasteiger partial charge in [-0.05, 0) is 12.1 Å². The highest BCUT2D eigenvalue weighted by molar-refractivity contribution is 9.10. The van der Waals surface area contributed by atoms with Gasteiger partial charge in [-0.1, -0.05) is 28.1 Å². The first-order chi connectivity index (χ1) is 3.79. The third-order valence-electron chi connectivity index (χ3n) is 0.814. The maximum Gasteiger partial charge on any atom is 0.0174 e. The molecule has 0 saturated heterocycles. The molecule has 0 aliphatic heterocycles. The monoisotopic (exact) mass is 171 g/mol. The molecule has 42 valence electrons. The minimum absolute atomic E-state index is 0.0493. The van der Waals surface area contributed by atoms with Gasteiger partial charge in [-0.15, -0.1) is 5.75 Å². The zero-order valence-electron chi connectivity index (χ0n) is 4.10. The Hall–Kier alpha value is -0.500. The van der Waals surface area contributed by atoms with E-state index in [2.05, 4.69) is 15.9 Å². The van der Waals surface area contributed by atoms with Gasteiger partial charge in [0.1, 0.15) is 0 Å². The van der Waals surface area contributed by atoms with Crippen molar-refractivity contribution in [3.8, 4) is 5.75 Å². The van der Waals surface area contributed by atoms with Crippen LogP contribution in [0.15, 0.2) is 28.7 Å². The van der Waals surface area contributed by atoms with Gasteiger partial charge < -0.3 is 5.11 Å². The summed E-state index contributed by atoms with van der Waals surface area (Å²) in [5.74, 6) is 0.0493. The predicted octanol–water partition coefficient (Wildman–Crippen LogP) is 1.52. The fourth-order valence-electron chi connectivity index (χ4n) is 0.435. The van der Waals surface area contributed by atoms with Crippen molar-refractivity contribution < 1.29 is 5.11 Å². The fourth-order valence-corrected chi connectivity index (χ4v) is 0.699. The smallest absolute Gasteiger partial charge is 0.0174 e. The van der Waals surface area contributed by atoms with E-state index in [4.69, 9.17) is 0 Å². The Morgan fingerprint density at radius 3 is 2.00 bits per heavy atom. The maximum atomic E-state index is 10.4. The Morgan fingerprint density at radius 1 is 1.12 bits per heavy atom. The van der Waals surface area contributed by atoms with E-state index < -0.39 is 0 Å². The molecule has 0 amide bonds. The van der Waals surface area contributed by atoms with E-state index in [1.807, 2.05) is 0 Å². The number of rotatable bonds is 0. The normalized spacial score (nSPS) is 9.12. The minimum atomic E-state index is 0.0493. The molecule has 0 aliphatic carbocycles. The van der Waals surface area contributed by atoms with Gasteiger partial charge in [0.25, 0.3) is 0 Å². The molecule has 0 N–H and O–H groups in total. The quantitative estimate of drug-likeness (QED) is 0.581. The van der Waals surface area contributed by atoms with Crippen molar-refractivity contribution in [3.05, 3.63) is 28.7 Å². The van der Waals surface area contributed by atoms with Crippen molar-refractivity contribution >= 4 is 15.9 Å². The summed E-state index contributed by atoms with van der Waals surface area (Å²) in [6.45, 7) is 0. The van der Waals surface area contributed by atoms with Gasteiger partial charge in [-0.2, -0.15) is 0 Å². The number of benzene rings is 1. The topological polar surface area (TPSA) is 23.1 Å². The van der Waals surface area contributed by atoms with Gasteiger partial charge in [-0.3, -0.25) is 0 Å². The second kappa shape index (κ2) is 2.18. The molecule has 0 radical (unpaired) electrons. The molecule has 0 unspecified atom stereocenters. The van der Waals surface area contributed by atoms with Crippen LogP contribution in [-0.2, 0) is 0 Å². The van der Waals surface area contributed by atoms with Crippen LogP contribution >= 0.6 is 15.9 Å². The number of hydrogen-bond acceptors (Lipinski definition) is 1. The largest absolute Gasteiger partial charge is 0.872 e. The standard InChI is InChI=1S/C6H5BrO/c7-5-1-3-6(8)4-2-5/h1-4,8H/p-1. The van der Waals surface area contributed by atoms with Crippen LogP contribution in [-0.4, -0.2) is 0 Å². The summed E-state index contributed by atoms with van der Waals surface area (Å²) in [5.41, 5.74) is 0. The zero-order valence-corrected chi connectivity index (χ0v) is 5.68. The van der Waals surface area contributed by atoms with E-state index in [1.165, 1.54) is 12.1 Å². The van der Waals surface area contributed by atoms with Crippen LogP contribution in [0.25, 0.3) is 0 Å². The molecule has 0 atom stereocenters. The van der Waals surface area contributed by atoms with Crippen LogP contribution in [0.4, 0.5) is 0 Å². The van der Waals surface area contributed by atoms with Crippen molar-refractivity contribution in [2.24, 2.45) is 0 Å². The van der Waals surface area contributed by atoms with Crippen LogP contribution in [0.1, 0.15) is 0 Å². The lowest BCUT2D eigenvalue weighted by Crippen LogP contribution is -1.86. The summed E-state index contributed by atoms with van der Waals surface area (Å²) in [5, 5.41) is 10.4. The van der Waals surface area contributed by atoms with Gasteiger partial charge in [0.2, 0.25) is 0 Å². The van der Waals surface area contributed by atoms with Gasteiger partial charge in [0.05, 0.1) is 0 Å². The van der Waals surface area contributed by atoms with Gasteiger partial charge in [0.15, 0.2) is 0 Å². The molecule has 0 spiro atoms. The summed E-state index contributed by atoms with van der Waals surface area (Å²) in [6, 6.07) is 6.48. The third-order valence-corrected chi connectivity index (χ3v) is 1.34. The first-order valence-corrected chi connectivity index (χ1v) is 3.01. The minimum Gasteiger partial charge on any atom is -0.872 e. The SMILES string of the molecule is [O-]c1ccc(Br)cc1. The average Bonchev–Trinajstić information content (AvgIpc) is 1.77. The molecule has 0 heterocycles. The molecule has 1 rings (SSSR count). The molecule has 0 bridgehead atoms. The Morgan fingerprint density at radius 2 is 1.62 bits per heavy atom. The van der Waals surface area contributed by atoms with E-state index in [1.54, 1.807) is 12.1 Å². The lowest BCUT2D eigenvalue weighted by molar-refractivity contribution is -0.268. The molecule has 8 heavy (non-hydrogen) atoms. The zero-order chi connectivity index (χ0) is 5.98. The molecule has 2 heteroatoms. The lowest BCUT2D eigenvalue weighted by Gasteiger charge is -2.00. The molecular weight excluding hydrogens is 168 g/mol. The summed E-state index contributed by atoms with van der Waals surface area (Å²) < 4.78 is 0.942. The molecule has 1 nitrogen and oxygen atoms in total. The highest BCUT2D eigenvalue weighted by Crippen LogP contribution is 2.11. The molecule has 1 aromatic rings. The maximum absolute atomic E-state index is 10.4. The second-order valence-corrected chi connectivity index (χ2v) is 2.37. The van der Waals surface area contributed by atoms with Gasteiger partial charge in [-0.25, -0.2) is 0 Å². The molecule has 0 fully saturated rings. The molecule has 0 saturated carbocycles. The Kier molecular flexibility index (Phi) is 1.53. The molecule has 0 aliphatic rings. The lowest BCUT2D eigenvalue weighted by atomic mass is 10.3. The van der Waals surface area contributed by atoms with Gasteiger partial charge >= 0.3 is 0 Å². The first kappa shape index (κ1) is 5.63. The molecular formula is C6H4BrO-. The highest BCUT2D eigenvalue weighted by Gasteiger charge is 1.77. The number of hydrogen-bond donors (Lipinski definition) is 0. The van der Waals surface area contributed by atoms with E-state index in [0.29, 0.717) is 0 Å². The summed E-state index contributed by atoms with van der Waals surface area (Å²) in [6.07, 6.45) is 0. The van der Waals surface area contributed by atoms with Crippen molar-refractivity contribution in [3.63, 3.8) is 0 Å². The predicted molar refractivity (Wildman–Crippen MR) is 33.6 cm³/mol. The summed E-state index contributed by atoms with van der Waals surface area (Å²) >= 11 is 3.21. The average molecular weight is 172 g/mol. The summed E-state index contributed by atoms with van der Waals surface area (Å²) in [4.78, 5) is 0. The van der Waals surface area contributed by atoms with Crippen molar-refractivity contribution in [2.45, 2.75) is 0 Å². The fraction of sp³-hybridized carbons (Fsp3) is 0. The van der Waals surface area contributed by atoms with E-state index in [-0.39, 0.29) is 5.75 Å². The van der Waals surface area contributed by atoms with Crippen LogP contribution in [0.2, 0.25) is 0 Å². The van der Waals surface area contributed by atoms with Crippen LogP contribution in [0, 0.1) is 0 Å². The van der Waals surface area contributed by atoms with Crippen molar-refractivity contribution in [2.75, 3.05) is 0 Å².